The largest absolute Gasteiger partial charge is 0.494 e. The van der Waals surface area contributed by atoms with Gasteiger partial charge in [-0.25, -0.2) is 9.59 Å². The van der Waals surface area contributed by atoms with Gasteiger partial charge in [-0.2, -0.15) is 10.2 Å². The number of aromatic amines is 2. The molecule has 4 N–H and O–H groups in total. The number of aromatic nitrogens is 2. The number of nitrogens with zero attached hydrogens (tertiary/aromatic N) is 2. The number of methoxy groups -OCH3 is 1. The molecule has 11 heteroatoms. The summed E-state index contributed by atoms with van der Waals surface area (Å²) in [4.78, 5) is 52.1. The summed E-state index contributed by atoms with van der Waals surface area (Å²) in [5, 5.41) is 19.3. The SMILES string of the molecule is COc1ccc(C(=O)O)cc1N=NC(C(C)=O)C(=O)Nc1ccc2[nH]c(=O)[nH]c2c1. The molecular weight excluding hydrogens is 394 g/mol. The number of hydrogen-bond donors (Lipinski definition) is 4. The summed E-state index contributed by atoms with van der Waals surface area (Å²) in [6.07, 6.45) is 0. The predicted molar refractivity (Wildman–Crippen MR) is 106 cm³/mol. The van der Waals surface area contributed by atoms with Crippen molar-refractivity contribution in [1.29, 1.82) is 0 Å². The van der Waals surface area contributed by atoms with E-state index in [1.807, 2.05) is 0 Å². The van der Waals surface area contributed by atoms with Crippen LogP contribution >= 0.6 is 0 Å². The van der Waals surface area contributed by atoms with Gasteiger partial charge in [0, 0.05) is 5.69 Å². The summed E-state index contributed by atoms with van der Waals surface area (Å²) in [7, 11) is 1.37. The van der Waals surface area contributed by atoms with E-state index in [4.69, 9.17) is 9.84 Å². The summed E-state index contributed by atoms with van der Waals surface area (Å²) in [5.74, 6) is -2.25. The molecule has 154 valence electrons. The Hall–Kier alpha value is -4.28. The molecule has 0 saturated carbocycles. The minimum Gasteiger partial charge on any atom is -0.494 e. The molecule has 1 amide bonds. The number of aromatic carboxylic acids is 1. The second-order valence-electron chi connectivity index (χ2n) is 6.25. The highest BCUT2D eigenvalue weighted by atomic mass is 16.5. The van der Waals surface area contributed by atoms with Crippen LogP contribution in [0, 0.1) is 0 Å². The fourth-order valence-electron chi connectivity index (χ4n) is 2.66. The number of anilines is 1. The van der Waals surface area contributed by atoms with Crippen LogP contribution in [-0.2, 0) is 9.59 Å². The fraction of sp³-hybridized carbons (Fsp3) is 0.158. The lowest BCUT2D eigenvalue weighted by molar-refractivity contribution is -0.126. The number of imidazole rings is 1. The van der Waals surface area contributed by atoms with E-state index in [0.717, 1.165) is 0 Å². The van der Waals surface area contributed by atoms with Crippen LogP contribution in [0.25, 0.3) is 11.0 Å². The molecule has 0 aliphatic carbocycles. The molecule has 1 atom stereocenters. The third kappa shape index (κ3) is 4.41. The Morgan fingerprint density at radius 1 is 1.10 bits per heavy atom. The van der Waals surface area contributed by atoms with Crippen molar-refractivity contribution < 1.29 is 24.2 Å². The number of Topliss-reactive ketones (excluding diaryl/α,β-unsaturated/α-hetero) is 1. The maximum Gasteiger partial charge on any atom is 0.335 e. The van der Waals surface area contributed by atoms with Gasteiger partial charge in [0.15, 0.2) is 5.78 Å². The molecule has 2 aromatic carbocycles. The van der Waals surface area contributed by atoms with Crippen molar-refractivity contribution in [2.75, 3.05) is 12.4 Å². The predicted octanol–water partition coefficient (Wildman–Crippen LogP) is 2.24. The van der Waals surface area contributed by atoms with Gasteiger partial charge in [0.2, 0.25) is 6.04 Å². The van der Waals surface area contributed by atoms with Crippen molar-refractivity contribution in [1.82, 2.24) is 9.97 Å². The number of fused-ring (bicyclic) bond motifs is 1. The number of amides is 1. The molecule has 30 heavy (non-hydrogen) atoms. The number of carbonyl (C=O) groups is 3. The Labute approximate surface area is 168 Å². The van der Waals surface area contributed by atoms with Gasteiger partial charge in [-0.05, 0) is 43.3 Å². The highest BCUT2D eigenvalue weighted by Gasteiger charge is 2.23. The number of hydrogen-bond acceptors (Lipinski definition) is 7. The minimum atomic E-state index is -1.47. The van der Waals surface area contributed by atoms with Crippen LogP contribution < -0.4 is 15.7 Å². The lowest BCUT2D eigenvalue weighted by Gasteiger charge is -2.10. The zero-order chi connectivity index (χ0) is 21.8. The van der Waals surface area contributed by atoms with Crippen LogP contribution in [0.2, 0.25) is 0 Å². The van der Waals surface area contributed by atoms with Crippen LogP contribution in [0.1, 0.15) is 17.3 Å². The summed E-state index contributed by atoms with van der Waals surface area (Å²) >= 11 is 0. The molecule has 1 aromatic heterocycles. The number of H-pyrrole nitrogens is 2. The Balaban J connectivity index is 1.85. The number of benzene rings is 2. The molecule has 0 spiro atoms. The second kappa shape index (κ2) is 8.39. The molecule has 0 aliphatic rings. The third-order valence-electron chi connectivity index (χ3n) is 4.12. The molecule has 0 fully saturated rings. The Morgan fingerprint density at radius 2 is 1.83 bits per heavy atom. The highest BCUT2D eigenvalue weighted by Crippen LogP contribution is 2.29. The van der Waals surface area contributed by atoms with Crippen molar-refractivity contribution >= 4 is 40.1 Å². The second-order valence-corrected chi connectivity index (χ2v) is 6.25. The highest BCUT2D eigenvalue weighted by molar-refractivity contribution is 6.10. The first-order valence-electron chi connectivity index (χ1n) is 8.64. The number of rotatable bonds is 7. The van der Waals surface area contributed by atoms with Crippen LogP contribution in [0.3, 0.4) is 0 Å². The molecule has 11 nitrogen and oxygen atoms in total. The fourth-order valence-corrected chi connectivity index (χ4v) is 2.66. The van der Waals surface area contributed by atoms with E-state index >= 15 is 0 Å². The van der Waals surface area contributed by atoms with Crippen molar-refractivity contribution in [3.05, 3.63) is 52.4 Å². The van der Waals surface area contributed by atoms with Gasteiger partial charge >= 0.3 is 11.7 Å². The Kier molecular flexibility index (Phi) is 5.72. The molecule has 3 aromatic rings. The van der Waals surface area contributed by atoms with Crippen molar-refractivity contribution in [2.45, 2.75) is 13.0 Å². The number of ketones is 1. The minimum absolute atomic E-state index is 0.0534. The summed E-state index contributed by atoms with van der Waals surface area (Å²) in [5.41, 5.74) is 1.00. The molecule has 3 rings (SSSR count). The number of ether oxygens (including phenoxy) is 1. The maximum atomic E-state index is 12.6. The quantitative estimate of drug-likeness (QED) is 0.344. The first kappa shape index (κ1) is 20.5. The van der Waals surface area contributed by atoms with Gasteiger partial charge in [-0.3, -0.25) is 9.59 Å². The van der Waals surface area contributed by atoms with Gasteiger partial charge in [-0.15, -0.1) is 0 Å². The first-order valence-corrected chi connectivity index (χ1v) is 8.64. The Morgan fingerprint density at radius 3 is 2.50 bits per heavy atom. The van der Waals surface area contributed by atoms with E-state index in [9.17, 15) is 19.2 Å². The van der Waals surface area contributed by atoms with Gasteiger partial charge in [-0.1, -0.05) is 0 Å². The zero-order valence-electron chi connectivity index (χ0n) is 15.9. The van der Waals surface area contributed by atoms with Crippen LogP contribution in [0.4, 0.5) is 11.4 Å². The van der Waals surface area contributed by atoms with Crippen LogP contribution in [-0.4, -0.2) is 45.9 Å². The molecule has 1 unspecified atom stereocenters. The van der Waals surface area contributed by atoms with Gasteiger partial charge in [0.05, 0.1) is 23.7 Å². The van der Waals surface area contributed by atoms with Gasteiger partial charge < -0.3 is 25.1 Å². The topological polar surface area (TPSA) is 166 Å². The standard InChI is InChI=1S/C19H17N5O6/c1-9(25)16(24-23-14-7-10(18(27)28)3-6-15(14)30-2)17(26)20-11-4-5-12-13(8-11)22-19(29)21-12/h3-8,16H,1-2H3,(H,20,26)(H,27,28)(H2,21,22,29). The monoisotopic (exact) mass is 411 g/mol. The Bertz CT molecular complexity index is 1230. The van der Waals surface area contributed by atoms with E-state index in [0.29, 0.717) is 16.7 Å². The van der Waals surface area contributed by atoms with Crippen LogP contribution in [0.5, 0.6) is 5.75 Å². The molecule has 0 radical (unpaired) electrons. The molecule has 1 heterocycles. The van der Waals surface area contributed by atoms with Gasteiger partial charge in [0.1, 0.15) is 11.4 Å². The summed E-state index contributed by atoms with van der Waals surface area (Å²) < 4.78 is 5.11. The van der Waals surface area contributed by atoms with Crippen molar-refractivity contribution in [3.8, 4) is 5.75 Å². The molecule has 0 aliphatic heterocycles. The summed E-state index contributed by atoms with van der Waals surface area (Å²) in [6, 6.07) is 7.15. The van der Waals surface area contributed by atoms with Gasteiger partial charge in [0.25, 0.3) is 5.91 Å². The lowest BCUT2D eigenvalue weighted by atomic mass is 10.2. The van der Waals surface area contributed by atoms with Crippen LogP contribution in [0.15, 0.2) is 51.4 Å². The number of nitrogens with one attached hydrogen (secondary N) is 3. The smallest absolute Gasteiger partial charge is 0.335 e. The molecular formula is C19H17N5O6. The van der Waals surface area contributed by atoms with Crippen molar-refractivity contribution in [2.24, 2.45) is 10.2 Å². The van der Waals surface area contributed by atoms with Crippen molar-refractivity contribution in [3.63, 3.8) is 0 Å². The first-order chi connectivity index (χ1) is 14.3. The third-order valence-corrected chi connectivity index (χ3v) is 4.12. The average molecular weight is 411 g/mol. The number of azo groups is 1. The van der Waals surface area contributed by atoms with E-state index in [2.05, 4.69) is 25.5 Å². The average Bonchev–Trinajstić information content (AvgIpc) is 3.06. The number of carboxylic acids is 1. The summed E-state index contributed by atoms with van der Waals surface area (Å²) in [6.45, 7) is 1.18. The van der Waals surface area contributed by atoms with E-state index in [1.165, 1.54) is 38.3 Å². The van der Waals surface area contributed by atoms with E-state index in [-0.39, 0.29) is 22.7 Å². The molecule has 0 bridgehead atoms. The zero-order valence-corrected chi connectivity index (χ0v) is 15.9. The molecule has 0 saturated heterocycles. The number of carbonyl (C=O) groups excluding carboxylic acids is 2. The normalized spacial score (nSPS) is 12.1. The lowest BCUT2D eigenvalue weighted by Crippen LogP contribution is -2.31. The van der Waals surface area contributed by atoms with E-state index in [1.54, 1.807) is 12.1 Å². The number of carboxylic acid groups (broad SMARTS) is 1. The maximum absolute atomic E-state index is 12.6. The van der Waals surface area contributed by atoms with E-state index < -0.39 is 23.7 Å².